The summed E-state index contributed by atoms with van der Waals surface area (Å²) in [4.78, 5) is 11.4. The molecule has 2 saturated heterocycles. The Kier molecular flexibility index (Phi) is 6.52. The van der Waals surface area contributed by atoms with Crippen LogP contribution in [0.4, 0.5) is 0 Å². The first-order valence-corrected chi connectivity index (χ1v) is 5.03. The molecule has 90 valence electrons. The van der Waals surface area contributed by atoms with Crippen molar-refractivity contribution in [3.8, 4) is 0 Å². The first kappa shape index (κ1) is 15.0. The molecule has 2 aliphatic rings. The first-order chi connectivity index (χ1) is 6.31. The number of carbonyl (C=O) groups excluding carboxylic acids is 1. The van der Waals surface area contributed by atoms with Crippen LogP contribution in [0.2, 0.25) is 0 Å². The van der Waals surface area contributed by atoms with Crippen LogP contribution in [0.15, 0.2) is 0 Å². The largest absolute Gasteiger partial charge is 0.349 e. The maximum absolute atomic E-state index is 11.4. The molecule has 0 unspecified atom stereocenters. The van der Waals surface area contributed by atoms with E-state index >= 15 is 0 Å². The van der Waals surface area contributed by atoms with Gasteiger partial charge >= 0.3 is 0 Å². The molecule has 0 bridgehead atoms. The fourth-order valence-electron chi connectivity index (χ4n) is 2.21. The van der Waals surface area contributed by atoms with E-state index in [0.717, 1.165) is 38.9 Å². The molecule has 6 heteroatoms. The lowest BCUT2D eigenvalue weighted by molar-refractivity contribution is -0.121. The molecule has 2 aliphatic heterocycles. The monoisotopic (exact) mass is 255 g/mol. The van der Waals surface area contributed by atoms with Gasteiger partial charge in [-0.15, -0.1) is 24.8 Å². The standard InChI is InChI=1S/C9H17N3O.2ClH/c13-8-7-11-6-3-9(12-8)1-4-10-5-2-9;;/h10-11H,1-7H2,(H,12,13);2*1H. The van der Waals surface area contributed by atoms with Gasteiger partial charge in [0.1, 0.15) is 0 Å². The molecule has 0 radical (unpaired) electrons. The van der Waals surface area contributed by atoms with Crippen LogP contribution in [0, 0.1) is 0 Å². The van der Waals surface area contributed by atoms with Crippen molar-refractivity contribution in [1.29, 1.82) is 0 Å². The molecule has 15 heavy (non-hydrogen) atoms. The van der Waals surface area contributed by atoms with Crippen LogP contribution < -0.4 is 16.0 Å². The number of hydrogen-bond acceptors (Lipinski definition) is 3. The van der Waals surface area contributed by atoms with Crippen molar-refractivity contribution in [2.75, 3.05) is 26.2 Å². The van der Waals surface area contributed by atoms with Crippen molar-refractivity contribution in [2.24, 2.45) is 0 Å². The lowest BCUT2D eigenvalue weighted by atomic mass is 9.85. The van der Waals surface area contributed by atoms with Crippen LogP contribution in [0.1, 0.15) is 19.3 Å². The van der Waals surface area contributed by atoms with E-state index in [-0.39, 0.29) is 36.3 Å². The van der Waals surface area contributed by atoms with E-state index in [1.807, 2.05) is 0 Å². The molecule has 4 nitrogen and oxygen atoms in total. The van der Waals surface area contributed by atoms with Gasteiger partial charge in [-0.1, -0.05) is 0 Å². The van der Waals surface area contributed by atoms with E-state index < -0.39 is 0 Å². The Morgan fingerprint density at radius 2 is 1.47 bits per heavy atom. The predicted octanol–water partition coefficient (Wildman–Crippen LogP) is 0.0617. The van der Waals surface area contributed by atoms with Crippen molar-refractivity contribution in [3.05, 3.63) is 0 Å². The second-order valence-electron chi connectivity index (χ2n) is 4.01. The van der Waals surface area contributed by atoms with E-state index in [0.29, 0.717) is 6.54 Å². The molecule has 1 spiro atoms. The summed E-state index contributed by atoms with van der Waals surface area (Å²) in [5.41, 5.74) is 0.0891. The van der Waals surface area contributed by atoms with Crippen LogP contribution in [0.25, 0.3) is 0 Å². The van der Waals surface area contributed by atoms with E-state index in [4.69, 9.17) is 0 Å². The fourth-order valence-corrected chi connectivity index (χ4v) is 2.21. The topological polar surface area (TPSA) is 53.2 Å². The van der Waals surface area contributed by atoms with E-state index in [1.165, 1.54) is 0 Å². The molecule has 0 atom stereocenters. The molecule has 2 rings (SSSR count). The molecule has 0 aliphatic carbocycles. The summed E-state index contributed by atoms with van der Waals surface area (Å²) in [6.07, 6.45) is 3.21. The second-order valence-corrected chi connectivity index (χ2v) is 4.01. The Bertz CT molecular complexity index is 208. The molecule has 2 heterocycles. The summed E-state index contributed by atoms with van der Waals surface area (Å²) < 4.78 is 0. The number of hydrogen-bond donors (Lipinski definition) is 3. The van der Waals surface area contributed by atoms with Crippen molar-refractivity contribution in [1.82, 2.24) is 16.0 Å². The predicted molar refractivity (Wildman–Crippen MR) is 65.0 cm³/mol. The second kappa shape index (κ2) is 6.53. The zero-order valence-electron chi connectivity index (χ0n) is 8.67. The first-order valence-electron chi connectivity index (χ1n) is 5.03. The van der Waals surface area contributed by atoms with Gasteiger partial charge < -0.3 is 16.0 Å². The Balaban J connectivity index is 0.000000980. The zero-order valence-corrected chi connectivity index (χ0v) is 10.3. The quantitative estimate of drug-likeness (QED) is 0.574. The lowest BCUT2D eigenvalue weighted by Crippen LogP contribution is -2.54. The minimum atomic E-state index is 0. The van der Waals surface area contributed by atoms with Crippen molar-refractivity contribution >= 4 is 30.7 Å². The summed E-state index contributed by atoms with van der Waals surface area (Å²) in [5, 5.41) is 9.61. The normalized spacial score (nSPS) is 24.4. The van der Waals surface area contributed by atoms with Gasteiger partial charge in [-0.3, -0.25) is 4.79 Å². The SMILES string of the molecule is Cl.Cl.O=C1CNCCC2(CCNCC2)N1. The number of piperidine rings is 1. The van der Waals surface area contributed by atoms with Gasteiger partial charge in [0.25, 0.3) is 0 Å². The highest BCUT2D eigenvalue weighted by molar-refractivity contribution is 5.85. The minimum Gasteiger partial charge on any atom is -0.349 e. The highest BCUT2D eigenvalue weighted by Crippen LogP contribution is 2.22. The van der Waals surface area contributed by atoms with Crippen LogP contribution in [0.5, 0.6) is 0 Å². The molecule has 0 aromatic heterocycles. The molecule has 2 fully saturated rings. The summed E-state index contributed by atoms with van der Waals surface area (Å²) in [6, 6.07) is 0. The van der Waals surface area contributed by atoms with E-state index in [2.05, 4.69) is 16.0 Å². The summed E-state index contributed by atoms with van der Waals surface area (Å²) in [7, 11) is 0. The fraction of sp³-hybridized carbons (Fsp3) is 0.889. The Labute approximate surface area is 103 Å². The molecule has 0 saturated carbocycles. The maximum atomic E-state index is 11.4. The highest BCUT2D eigenvalue weighted by Gasteiger charge is 2.34. The molecule has 1 amide bonds. The molecule has 3 N–H and O–H groups in total. The summed E-state index contributed by atoms with van der Waals surface area (Å²) in [5.74, 6) is 0.152. The number of rotatable bonds is 0. The van der Waals surface area contributed by atoms with Crippen LogP contribution in [-0.4, -0.2) is 37.6 Å². The highest BCUT2D eigenvalue weighted by atomic mass is 35.5. The van der Waals surface area contributed by atoms with Gasteiger partial charge in [-0.2, -0.15) is 0 Å². The third-order valence-corrected chi connectivity index (χ3v) is 3.03. The van der Waals surface area contributed by atoms with Crippen LogP contribution >= 0.6 is 24.8 Å². The number of carbonyl (C=O) groups is 1. The molecule has 0 aromatic rings. The van der Waals surface area contributed by atoms with Gasteiger partial charge in [0.05, 0.1) is 6.54 Å². The van der Waals surface area contributed by atoms with E-state index in [1.54, 1.807) is 0 Å². The number of halogens is 2. The Morgan fingerprint density at radius 3 is 2.07 bits per heavy atom. The van der Waals surface area contributed by atoms with E-state index in [9.17, 15) is 4.79 Å². The van der Waals surface area contributed by atoms with Gasteiger partial charge in [-0.25, -0.2) is 0 Å². The number of amides is 1. The van der Waals surface area contributed by atoms with Crippen molar-refractivity contribution in [2.45, 2.75) is 24.8 Å². The Morgan fingerprint density at radius 1 is 0.933 bits per heavy atom. The van der Waals surface area contributed by atoms with Crippen molar-refractivity contribution in [3.63, 3.8) is 0 Å². The smallest absolute Gasteiger partial charge is 0.234 e. The molecule has 0 aromatic carbocycles. The third-order valence-electron chi connectivity index (χ3n) is 3.03. The molecular weight excluding hydrogens is 237 g/mol. The van der Waals surface area contributed by atoms with Crippen LogP contribution in [0.3, 0.4) is 0 Å². The summed E-state index contributed by atoms with van der Waals surface area (Å²) in [6.45, 7) is 3.49. The van der Waals surface area contributed by atoms with Gasteiger partial charge in [0.15, 0.2) is 0 Å². The van der Waals surface area contributed by atoms with Gasteiger partial charge in [0, 0.05) is 5.54 Å². The lowest BCUT2D eigenvalue weighted by Gasteiger charge is -2.37. The van der Waals surface area contributed by atoms with Gasteiger partial charge in [0.2, 0.25) is 5.91 Å². The maximum Gasteiger partial charge on any atom is 0.234 e. The van der Waals surface area contributed by atoms with Crippen molar-refractivity contribution < 1.29 is 4.79 Å². The molecular formula is C9H19Cl2N3O. The van der Waals surface area contributed by atoms with Crippen LogP contribution in [-0.2, 0) is 4.79 Å². The number of nitrogens with one attached hydrogen (secondary N) is 3. The van der Waals surface area contributed by atoms with Gasteiger partial charge in [-0.05, 0) is 38.9 Å². The Hall–Kier alpha value is -0.0300. The summed E-state index contributed by atoms with van der Waals surface area (Å²) >= 11 is 0. The average molecular weight is 256 g/mol. The minimum absolute atomic E-state index is 0. The third kappa shape index (κ3) is 3.79. The zero-order chi connectivity index (χ0) is 9.15. The average Bonchev–Trinajstić information content (AvgIpc) is 2.29.